The van der Waals surface area contributed by atoms with Gasteiger partial charge in [-0.15, -0.1) is 0 Å². The molecule has 0 aliphatic carbocycles. The van der Waals surface area contributed by atoms with Gasteiger partial charge in [0.25, 0.3) is 0 Å². The zero-order chi connectivity index (χ0) is 11.2. The minimum Gasteiger partial charge on any atom is -0.486 e. The van der Waals surface area contributed by atoms with Crippen LogP contribution in [0.15, 0.2) is 16.6 Å². The third kappa shape index (κ3) is 1.93. The van der Waals surface area contributed by atoms with Gasteiger partial charge in [0.05, 0.1) is 5.56 Å². The molecule has 0 N–H and O–H groups in total. The first kappa shape index (κ1) is 10.7. The second-order valence-electron chi connectivity index (χ2n) is 4.54. The monoisotopic (exact) mass is 268 g/mol. The van der Waals surface area contributed by atoms with Crippen LogP contribution in [0.3, 0.4) is 0 Å². The Kier molecular flexibility index (Phi) is 2.38. The maximum absolute atomic E-state index is 11.5. The summed E-state index contributed by atoms with van der Waals surface area (Å²) in [7, 11) is 0. The summed E-state index contributed by atoms with van der Waals surface area (Å²) in [5.74, 6) is 0.806. The number of hydrogen-bond acceptors (Lipinski definition) is 2. The molecule has 0 bridgehead atoms. The number of hydrogen-bond donors (Lipinski definition) is 0. The number of rotatable bonds is 1. The third-order valence-corrected chi connectivity index (χ3v) is 2.96. The Bertz CT molecular complexity index is 435. The molecule has 3 heteroatoms. The molecule has 2 rings (SSSR count). The van der Waals surface area contributed by atoms with E-state index in [9.17, 15) is 4.79 Å². The molecule has 1 heterocycles. The molecule has 15 heavy (non-hydrogen) atoms. The van der Waals surface area contributed by atoms with E-state index in [1.165, 1.54) is 0 Å². The van der Waals surface area contributed by atoms with Crippen molar-refractivity contribution in [2.24, 2.45) is 0 Å². The predicted molar refractivity (Wildman–Crippen MR) is 62.6 cm³/mol. The largest absolute Gasteiger partial charge is 0.486 e. The Morgan fingerprint density at radius 1 is 1.47 bits per heavy atom. The molecule has 0 aromatic heterocycles. The molecule has 0 spiro atoms. The number of ether oxygens (including phenoxy) is 1. The number of ketones is 1. The molecule has 0 saturated heterocycles. The van der Waals surface area contributed by atoms with Crippen LogP contribution in [0.5, 0.6) is 5.75 Å². The molecule has 1 aliphatic heterocycles. The molecular weight excluding hydrogens is 256 g/mol. The highest BCUT2D eigenvalue weighted by molar-refractivity contribution is 9.10. The van der Waals surface area contributed by atoms with E-state index in [1.807, 2.05) is 26.0 Å². The molecule has 1 aliphatic rings. The SMILES string of the molecule is CC(=O)c1cc(Br)cc2c1OC(C)(C)C2. The molecule has 0 fully saturated rings. The zero-order valence-corrected chi connectivity index (χ0v) is 10.6. The van der Waals surface area contributed by atoms with Crippen LogP contribution < -0.4 is 4.74 Å². The highest BCUT2D eigenvalue weighted by Crippen LogP contribution is 2.39. The van der Waals surface area contributed by atoms with Crippen molar-refractivity contribution >= 4 is 21.7 Å². The van der Waals surface area contributed by atoms with Crippen molar-refractivity contribution in [3.05, 3.63) is 27.7 Å². The number of carbonyl (C=O) groups excluding carboxylic acids is 1. The number of fused-ring (bicyclic) bond motifs is 1. The summed E-state index contributed by atoms with van der Waals surface area (Å²) in [5, 5.41) is 0. The van der Waals surface area contributed by atoms with Crippen molar-refractivity contribution in [3.63, 3.8) is 0 Å². The normalized spacial score (nSPS) is 17.1. The van der Waals surface area contributed by atoms with Gasteiger partial charge in [0.1, 0.15) is 11.4 Å². The second kappa shape index (κ2) is 3.34. The van der Waals surface area contributed by atoms with Gasteiger partial charge in [0.2, 0.25) is 0 Å². The summed E-state index contributed by atoms with van der Waals surface area (Å²) < 4.78 is 6.74. The van der Waals surface area contributed by atoms with Crippen LogP contribution in [0.4, 0.5) is 0 Å². The highest BCUT2D eigenvalue weighted by Gasteiger charge is 2.32. The molecule has 1 aromatic rings. The van der Waals surface area contributed by atoms with Crippen LogP contribution >= 0.6 is 15.9 Å². The van der Waals surface area contributed by atoms with Gasteiger partial charge in [-0.2, -0.15) is 0 Å². The fraction of sp³-hybridized carbons (Fsp3) is 0.417. The van der Waals surface area contributed by atoms with Crippen molar-refractivity contribution in [2.45, 2.75) is 32.8 Å². The summed E-state index contributed by atoms with van der Waals surface area (Å²) in [6.07, 6.45) is 0.849. The third-order valence-electron chi connectivity index (χ3n) is 2.50. The Balaban J connectivity index is 2.58. The summed E-state index contributed by atoms with van der Waals surface area (Å²) in [6.45, 7) is 5.63. The number of halogens is 1. The summed E-state index contributed by atoms with van der Waals surface area (Å²) in [4.78, 5) is 11.5. The average Bonchev–Trinajstić information content (AvgIpc) is 2.36. The van der Waals surface area contributed by atoms with Gasteiger partial charge in [-0.25, -0.2) is 0 Å². The van der Waals surface area contributed by atoms with Gasteiger partial charge in [-0.1, -0.05) is 15.9 Å². The minimum absolute atomic E-state index is 0.0465. The average molecular weight is 269 g/mol. The lowest BCUT2D eigenvalue weighted by molar-refractivity contribution is 0.0998. The van der Waals surface area contributed by atoms with Gasteiger partial charge < -0.3 is 4.74 Å². The molecular formula is C12H13BrO2. The Labute approximate surface area is 97.8 Å². The molecule has 1 aromatic carbocycles. The maximum Gasteiger partial charge on any atom is 0.163 e. The molecule has 80 valence electrons. The van der Waals surface area contributed by atoms with E-state index in [4.69, 9.17) is 4.74 Å². The molecule has 0 radical (unpaired) electrons. The Morgan fingerprint density at radius 2 is 2.13 bits per heavy atom. The van der Waals surface area contributed by atoms with Crippen LogP contribution in [0.1, 0.15) is 36.7 Å². The highest BCUT2D eigenvalue weighted by atomic mass is 79.9. The first-order chi connectivity index (χ1) is 6.89. The molecule has 0 amide bonds. The predicted octanol–water partition coefficient (Wildman–Crippen LogP) is 3.37. The van der Waals surface area contributed by atoms with E-state index in [2.05, 4.69) is 15.9 Å². The van der Waals surface area contributed by atoms with Crippen molar-refractivity contribution in [2.75, 3.05) is 0 Å². The molecule has 2 nitrogen and oxygen atoms in total. The second-order valence-corrected chi connectivity index (χ2v) is 5.45. The van der Waals surface area contributed by atoms with Gasteiger partial charge >= 0.3 is 0 Å². The standard InChI is InChI=1S/C12H13BrO2/c1-7(14)10-5-9(13)4-8-6-12(2,3)15-11(8)10/h4-5H,6H2,1-3H3. The smallest absolute Gasteiger partial charge is 0.163 e. The summed E-state index contributed by atoms with van der Waals surface area (Å²) >= 11 is 3.41. The van der Waals surface area contributed by atoms with Gasteiger partial charge in [-0.05, 0) is 38.5 Å². The van der Waals surface area contributed by atoms with E-state index in [0.29, 0.717) is 5.56 Å². The van der Waals surface area contributed by atoms with Crippen LogP contribution in [-0.2, 0) is 6.42 Å². The number of carbonyl (C=O) groups is 1. The molecule has 0 unspecified atom stereocenters. The lowest BCUT2D eigenvalue weighted by Gasteiger charge is -2.17. The number of benzene rings is 1. The van der Waals surface area contributed by atoms with E-state index in [-0.39, 0.29) is 11.4 Å². The minimum atomic E-state index is -0.201. The van der Waals surface area contributed by atoms with E-state index < -0.39 is 0 Å². The summed E-state index contributed by atoms with van der Waals surface area (Å²) in [6, 6.07) is 3.85. The molecule has 0 saturated carbocycles. The topological polar surface area (TPSA) is 26.3 Å². The van der Waals surface area contributed by atoms with Crippen LogP contribution in [-0.4, -0.2) is 11.4 Å². The number of Topliss-reactive ketones (excluding diaryl/α,β-unsaturated/α-hetero) is 1. The van der Waals surface area contributed by atoms with Crippen molar-refractivity contribution in [3.8, 4) is 5.75 Å². The Morgan fingerprint density at radius 3 is 2.73 bits per heavy atom. The van der Waals surface area contributed by atoms with Crippen molar-refractivity contribution < 1.29 is 9.53 Å². The van der Waals surface area contributed by atoms with Crippen LogP contribution in [0, 0.1) is 0 Å². The Hall–Kier alpha value is -0.830. The van der Waals surface area contributed by atoms with Gasteiger partial charge in [0, 0.05) is 10.9 Å². The lowest BCUT2D eigenvalue weighted by atomic mass is 10.00. The van der Waals surface area contributed by atoms with Crippen LogP contribution in [0.2, 0.25) is 0 Å². The first-order valence-corrected chi connectivity index (χ1v) is 5.71. The zero-order valence-electron chi connectivity index (χ0n) is 9.06. The fourth-order valence-electron chi connectivity index (χ4n) is 1.93. The van der Waals surface area contributed by atoms with E-state index in [0.717, 1.165) is 22.2 Å². The van der Waals surface area contributed by atoms with E-state index in [1.54, 1.807) is 6.92 Å². The van der Waals surface area contributed by atoms with Gasteiger partial charge in [-0.3, -0.25) is 4.79 Å². The summed E-state index contributed by atoms with van der Waals surface area (Å²) in [5.41, 5.74) is 1.58. The van der Waals surface area contributed by atoms with Crippen molar-refractivity contribution in [1.29, 1.82) is 0 Å². The van der Waals surface area contributed by atoms with Crippen LogP contribution in [0.25, 0.3) is 0 Å². The first-order valence-electron chi connectivity index (χ1n) is 4.91. The molecule has 0 atom stereocenters. The van der Waals surface area contributed by atoms with Crippen molar-refractivity contribution in [1.82, 2.24) is 0 Å². The lowest BCUT2D eigenvalue weighted by Crippen LogP contribution is -2.25. The van der Waals surface area contributed by atoms with E-state index >= 15 is 0 Å². The quantitative estimate of drug-likeness (QED) is 0.731. The maximum atomic E-state index is 11.5. The fourth-order valence-corrected chi connectivity index (χ4v) is 2.44. The van der Waals surface area contributed by atoms with Gasteiger partial charge in [0.15, 0.2) is 5.78 Å².